The molecule has 0 saturated carbocycles. The molecule has 0 aliphatic carbocycles. The fourth-order valence-corrected chi connectivity index (χ4v) is 2.96. The van der Waals surface area contributed by atoms with E-state index in [0.717, 1.165) is 16.0 Å². The van der Waals surface area contributed by atoms with Crippen LogP contribution in [0.3, 0.4) is 0 Å². The summed E-state index contributed by atoms with van der Waals surface area (Å²) in [6.07, 6.45) is 0. The van der Waals surface area contributed by atoms with Crippen molar-refractivity contribution in [3.63, 3.8) is 0 Å². The van der Waals surface area contributed by atoms with Gasteiger partial charge in [-0.25, -0.2) is 0 Å². The van der Waals surface area contributed by atoms with Gasteiger partial charge in [-0.2, -0.15) is 0 Å². The van der Waals surface area contributed by atoms with E-state index >= 15 is 0 Å². The van der Waals surface area contributed by atoms with E-state index in [2.05, 4.69) is 4.84 Å². The Morgan fingerprint density at radius 3 is 2.48 bits per heavy atom. The summed E-state index contributed by atoms with van der Waals surface area (Å²) in [6.45, 7) is 1.26. The lowest BCUT2D eigenvalue weighted by Gasteiger charge is -2.11. The molecule has 2 aromatic rings. The summed E-state index contributed by atoms with van der Waals surface area (Å²) in [6, 6.07) is 14.6. The molecular weight excluding hydrogens is 318 g/mol. The zero-order valence-electron chi connectivity index (χ0n) is 12.4. The number of esters is 1. The molecule has 0 unspecified atom stereocenters. The number of hydrogen-bond donors (Lipinski definition) is 0. The first kappa shape index (κ1) is 16.8. The van der Waals surface area contributed by atoms with Gasteiger partial charge in [-0.1, -0.05) is 36.4 Å². The zero-order chi connectivity index (χ0) is 16.7. The maximum atomic E-state index is 11.1. The van der Waals surface area contributed by atoms with Gasteiger partial charge in [-0.15, -0.1) is 21.9 Å². The van der Waals surface area contributed by atoms with Gasteiger partial charge in [0.25, 0.3) is 5.09 Å². The van der Waals surface area contributed by atoms with Crippen molar-refractivity contribution in [1.29, 1.82) is 0 Å². The predicted molar refractivity (Wildman–Crippen MR) is 85.5 cm³/mol. The normalized spacial score (nSPS) is 10.1. The van der Waals surface area contributed by atoms with Crippen LogP contribution in [0.2, 0.25) is 0 Å². The summed E-state index contributed by atoms with van der Waals surface area (Å²) in [4.78, 5) is 26.8. The van der Waals surface area contributed by atoms with Crippen molar-refractivity contribution in [3.05, 3.63) is 69.8 Å². The number of benzene rings is 2. The van der Waals surface area contributed by atoms with Crippen LogP contribution in [0.25, 0.3) is 0 Å². The van der Waals surface area contributed by atoms with Crippen molar-refractivity contribution in [3.8, 4) is 5.75 Å². The van der Waals surface area contributed by atoms with E-state index in [1.807, 2.05) is 24.3 Å². The molecule has 0 aliphatic rings. The van der Waals surface area contributed by atoms with Gasteiger partial charge in [-0.05, 0) is 17.7 Å². The van der Waals surface area contributed by atoms with Crippen LogP contribution in [-0.2, 0) is 22.0 Å². The Labute approximate surface area is 137 Å². The molecule has 2 rings (SSSR count). The average molecular weight is 333 g/mol. The summed E-state index contributed by atoms with van der Waals surface area (Å²) < 4.78 is 5.18. The van der Waals surface area contributed by atoms with Crippen LogP contribution < -0.4 is 4.74 Å². The van der Waals surface area contributed by atoms with Gasteiger partial charge in [0.2, 0.25) is 0 Å². The van der Waals surface area contributed by atoms with Crippen LogP contribution in [0, 0.1) is 10.1 Å². The monoisotopic (exact) mass is 333 g/mol. The minimum Gasteiger partial charge on any atom is -0.426 e. The number of hydrogen-bond acceptors (Lipinski definition) is 6. The highest BCUT2D eigenvalue weighted by Crippen LogP contribution is 2.30. The first-order valence-corrected chi connectivity index (χ1v) is 7.79. The van der Waals surface area contributed by atoms with Gasteiger partial charge in [0.15, 0.2) is 0 Å². The highest BCUT2D eigenvalue weighted by molar-refractivity contribution is 7.98. The van der Waals surface area contributed by atoms with E-state index in [0.29, 0.717) is 11.5 Å². The number of carbonyl (C=O) groups excluding carboxylic acids is 1. The van der Waals surface area contributed by atoms with E-state index in [1.54, 1.807) is 24.3 Å². The van der Waals surface area contributed by atoms with E-state index in [1.165, 1.54) is 18.7 Å². The lowest BCUT2D eigenvalue weighted by Crippen LogP contribution is -2.03. The van der Waals surface area contributed by atoms with E-state index < -0.39 is 5.09 Å². The molecule has 0 heterocycles. The Morgan fingerprint density at radius 1 is 1.13 bits per heavy atom. The fourth-order valence-electron chi connectivity index (χ4n) is 1.92. The van der Waals surface area contributed by atoms with Crippen molar-refractivity contribution in [1.82, 2.24) is 0 Å². The summed E-state index contributed by atoms with van der Waals surface area (Å²) in [5, 5.41) is 9.53. The smallest absolute Gasteiger partial charge is 0.308 e. The third-order valence-corrected chi connectivity index (χ3v) is 4.07. The lowest BCUT2D eigenvalue weighted by molar-refractivity contribution is -0.763. The number of thioether (sulfide) groups is 1. The number of ether oxygens (including phenoxy) is 1. The molecule has 0 saturated heterocycles. The molecule has 120 valence electrons. The Morgan fingerprint density at radius 2 is 1.78 bits per heavy atom. The van der Waals surface area contributed by atoms with Gasteiger partial charge in [-0.3, -0.25) is 4.79 Å². The third kappa shape index (κ3) is 5.30. The van der Waals surface area contributed by atoms with Crippen LogP contribution in [0.1, 0.15) is 18.1 Å². The van der Waals surface area contributed by atoms with E-state index in [4.69, 9.17) is 4.74 Å². The summed E-state index contributed by atoms with van der Waals surface area (Å²) in [5.41, 5.74) is 1.61. The van der Waals surface area contributed by atoms with Gasteiger partial charge in [0.05, 0.1) is 0 Å². The first-order chi connectivity index (χ1) is 11.1. The van der Waals surface area contributed by atoms with Crippen LogP contribution in [0.4, 0.5) is 0 Å². The maximum absolute atomic E-state index is 11.1. The molecule has 0 aromatic heterocycles. The molecule has 0 spiro atoms. The minimum atomic E-state index is -0.808. The number of nitrogens with zero attached hydrogens (tertiary/aromatic N) is 1. The Kier molecular flexibility index (Phi) is 5.99. The number of para-hydroxylation sites is 1. The zero-order valence-corrected chi connectivity index (χ0v) is 13.2. The third-order valence-electron chi connectivity index (χ3n) is 2.91. The SMILES string of the molecule is CC(=O)Oc1ccccc1CSc1ccccc1CO[N+](=O)[O-]. The Balaban J connectivity index is 2.09. The maximum Gasteiger partial charge on any atom is 0.308 e. The summed E-state index contributed by atoms with van der Waals surface area (Å²) in [7, 11) is 0. The number of rotatable bonds is 7. The standard InChI is InChI=1S/C16H15NO5S/c1-12(18)22-15-8-4-2-7-14(15)11-23-16-9-5-3-6-13(16)10-21-17(19)20/h2-9H,10-11H2,1H3. The Bertz CT molecular complexity index is 704. The molecule has 6 nitrogen and oxygen atoms in total. The molecule has 0 fully saturated rings. The van der Waals surface area contributed by atoms with E-state index in [9.17, 15) is 14.9 Å². The second-order valence-corrected chi connectivity index (χ2v) is 5.61. The van der Waals surface area contributed by atoms with Crippen molar-refractivity contribution >= 4 is 17.7 Å². The molecule has 7 heteroatoms. The molecule has 0 atom stereocenters. The van der Waals surface area contributed by atoms with Crippen LogP contribution in [-0.4, -0.2) is 11.1 Å². The molecule has 23 heavy (non-hydrogen) atoms. The largest absolute Gasteiger partial charge is 0.426 e. The molecule has 0 bridgehead atoms. The van der Waals surface area contributed by atoms with Gasteiger partial charge >= 0.3 is 5.97 Å². The van der Waals surface area contributed by atoms with Gasteiger partial charge in [0, 0.05) is 23.1 Å². The van der Waals surface area contributed by atoms with E-state index in [-0.39, 0.29) is 12.6 Å². The second kappa shape index (κ2) is 8.19. The quantitative estimate of drug-likeness (QED) is 0.253. The van der Waals surface area contributed by atoms with Crippen LogP contribution >= 0.6 is 11.8 Å². The molecule has 0 N–H and O–H groups in total. The Hall–Kier alpha value is -2.54. The van der Waals surface area contributed by atoms with Crippen LogP contribution in [0.5, 0.6) is 5.75 Å². The van der Waals surface area contributed by atoms with Crippen molar-refractivity contribution in [2.75, 3.05) is 0 Å². The summed E-state index contributed by atoms with van der Waals surface area (Å²) >= 11 is 1.50. The molecule has 0 aliphatic heterocycles. The second-order valence-electron chi connectivity index (χ2n) is 4.59. The summed E-state index contributed by atoms with van der Waals surface area (Å²) in [5.74, 6) is 0.715. The predicted octanol–water partition coefficient (Wildman–Crippen LogP) is 3.61. The minimum absolute atomic E-state index is 0.0955. The van der Waals surface area contributed by atoms with Gasteiger partial charge in [0.1, 0.15) is 12.4 Å². The topological polar surface area (TPSA) is 78.7 Å². The van der Waals surface area contributed by atoms with Crippen molar-refractivity contribution < 1.29 is 19.5 Å². The van der Waals surface area contributed by atoms with Crippen molar-refractivity contribution in [2.24, 2.45) is 0 Å². The molecular formula is C16H15NO5S. The highest BCUT2D eigenvalue weighted by Gasteiger charge is 2.09. The first-order valence-electron chi connectivity index (χ1n) is 6.80. The molecule has 0 radical (unpaired) electrons. The molecule has 2 aromatic carbocycles. The fraction of sp³-hybridized carbons (Fsp3) is 0.188. The van der Waals surface area contributed by atoms with Gasteiger partial charge < -0.3 is 9.57 Å². The van der Waals surface area contributed by atoms with Crippen molar-refractivity contribution in [2.45, 2.75) is 24.2 Å². The number of carbonyl (C=O) groups is 1. The lowest BCUT2D eigenvalue weighted by atomic mass is 10.2. The highest BCUT2D eigenvalue weighted by atomic mass is 32.2. The average Bonchev–Trinajstić information content (AvgIpc) is 2.52. The molecule has 0 amide bonds. The van der Waals surface area contributed by atoms with Crippen LogP contribution in [0.15, 0.2) is 53.4 Å².